The van der Waals surface area contributed by atoms with Crippen LogP contribution in [0.4, 0.5) is 0 Å². The van der Waals surface area contributed by atoms with Gasteiger partial charge in [-0.15, -0.1) is 0 Å². The third kappa shape index (κ3) is 3.95. The lowest BCUT2D eigenvalue weighted by molar-refractivity contribution is 0.271. The number of rotatable bonds is 7. The fourth-order valence-corrected chi connectivity index (χ4v) is 2.37. The molecule has 2 aromatic rings. The van der Waals surface area contributed by atoms with E-state index in [0.29, 0.717) is 5.92 Å². The van der Waals surface area contributed by atoms with Gasteiger partial charge in [0.1, 0.15) is 11.5 Å². The Morgan fingerprint density at radius 2 is 1.90 bits per heavy atom. The third-order valence-electron chi connectivity index (χ3n) is 3.61. The van der Waals surface area contributed by atoms with Gasteiger partial charge in [0.2, 0.25) is 0 Å². The number of benzene rings is 1. The fourth-order valence-electron chi connectivity index (χ4n) is 2.37. The first-order valence-corrected chi connectivity index (χ1v) is 7.16. The van der Waals surface area contributed by atoms with E-state index in [4.69, 9.17) is 4.42 Å². The molecule has 0 radical (unpaired) electrons. The van der Waals surface area contributed by atoms with Crippen LogP contribution in [-0.2, 0) is 0 Å². The monoisotopic (exact) mass is 273 g/mol. The molecule has 3 heteroatoms. The Balaban J connectivity index is 1.95. The van der Waals surface area contributed by atoms with Gasteiger partial charge < -0.3 is 14.8 Å². The first-order chi connectivity index (χ1) is 9.70. The van der Waals surface area contributed by atoms with Crippen LogP contribution in [-0.4, -0.2) is 18.3 Å². The summed E-state index contributed by atoms with van der Waals surface area (Å²) < 4.78 is 5.63. The van der Waals surface area contributed by atoms with Crippen LogP contribution in [0.1, 0.15) is 42.4 Å². The maximum absolute atomic E-state index is 9.24. The standard InChI is InChI=1S/C17H23NO2/c1-13-8-9-17(20-13)14(2)18-12-16(10-11-19)15-6-4-3-5-7-15/h3-9,14,16,18-19H,10-12H2,1-2H3. The van der Waals surface area contributed by atoms with Crippen LogP contribution in [0.3, 0.4) is 0 Å². The van der Waals surface area contributed by atoms with Gasteiger partial charge in [-0.1, -0.05) is 30.3 Å². The summed E-state index contributed by atoms with van der Waals surface area (Å²) >= 11 is 0. The summed E-state index contributed by atoms with van der Waals surface area (Å²) in [5.41, 5.74) is 1.26. The highest BCUT2D eigenvalue weighted by molar-refractivity contribution is 5.20. The first-order valence-electron chi connectivity index (χ1n) is 7.16. The van der Waals surface area contributed by atoms with Crippen molar-refractivity contribution in [3.05, 3.63) is 59.5 Å². The third-order valence-corrected chi connectivity index (χ3v) is 3.61. The summed E-state index contributed by atoms with van der Waals surface area (Å²) in [5, 5.41) is 12.7. The zero-order valence-electron chi connectivity index (χ0n) is 12.2. The molecule has 2 rings (SSSR count). The molecule has 1 heterocycles. The molecule has 1 aromatic heterocycles. The van der Waals surface area contributed by atoms with Gasteiger partial charge in [0.15, 0.2) is 0 Å². The van der Waals surface area contributed by atoms with Crippen molar-refractivity contribution in [3.63, 3.8) is 0 Å². The van der Waals surface area contributed by atoms with Crippen LogP contribution in [0.2, 0.25) is 0 Å². The second kappa shape index (κ2) is 7.27. The van der Waals surface area contributed by atoms with Gasteiger partial charge in [-0.2, -0.15) is 0 Å². The molecule has 0 amide bonds. The molecule has 0 spiro atoms. The lowest BCUT2D eigenvalue weighted by Crippen LogP contribution is -2.25. The molecule has 0 aliphatic heterocycles. The first kappa shape index (κ1) is 14.8. The Morgan fingerprint density at radius 3 is 2.50 bits per heavy atom. The fraction of sp³-hybridized carbons (Fsp3) is 0.412. The Bertz CT molecular complexity index is 507. The average Bonchev–Trinajstić information content (AvgIpc) is 2.91. The molecule has 1 aromatic carbocycles. The van der Waals surface area contributed by atoms with Gasteiger partial charge in [-0.25, -0.2) is 0 Å². The number of aliphatic hydroxyl groups excluding tert-OH is 1. The van der Waals surface area contributed by atoms with Gasteiger partial charge in [-0.05, 0) is 43.9 Å². The van der Waals surface area contributed by atoms with Crippen LogP contribution in [0.15, 0.2) is 46.9 Å². The maximum Gasteiger partial charge on any atom is 0.120 e. The van der Waals surface area contributed by atoms with Gasteiger partial charge in [0.05, 0.1) is 6.04 Å². The van der Waals surface area contributed by atoms with Crippen molar-refractivity contribution in [3.8, 4) is 0 Å². The number of aliphatic hydroxyl groups is 1. The highest BCUT2D eigenvalue weighted by Crippen LogP contribution is 2.21. The van der Waals surface area contributed by atoms with E-state index in [9.17, 15) is 5.11 Å². The van der Waals surface area contributed by atoms with E-state index < -0.39 is 0 Å². The van der Waals surface area contributed by atoms with E-state index in [1.807, 2.05) is 37.3 Å². The Hall–Kier alpha value is -1.58. The van der Waals surface area contributed by atoms with Crippen molar-refractivity contribution in [2.45, 2.75) is 32.2 Å². The quantitative estimate of drug-likeness (QED) is 0.812. The summed E-state index contributed by atoms with van der Waals surface area (Å²) in [6.07, 6.45) is 0.765. The molecule has 0 saturated carbocycles. The molecule has 108 valence electrons. The van der Waals surface area contributed by atoms with Gasteiger partial charge >= 0.3 is 0 Å². The molecule has 0 saturated heterocycles. The van der Waals surface area contributed by atoms with Gasteiger partial charge in [-0.3, -0.25) is 0 Å². The minimum Gasteiger partial charge on any atom is -0.465 e. The van der Waals surface area contributed by atoms with Crippen LogP contribution in [0.5, 0.6) is 0 Å². The topological polar surface area (TPSA) is 45.4 Å². The number of aryl methyl sites for hydroxylation is 1. The van der Waals surface area contributed by atoms with Crippen LogP contribution in [0, 0.1) is 6.92 Å². The second-order valence-corrected chi connectivity index (χ2v) is 5.20. The predicted molar refractivity (Wildman–Crippen MR) is 80.7 cm³/mol. The summed E-state index contributed by atoms with van der Waals surface area (Å²) in [6, 6.07) is 14.5. The Morgan fingerprint density at radius 1 is 1.15 bits per heavy atom. The largest absolute Gasteiger partial charge is 0.465 e. The summed E-state index contributed by atoms with van der Waals surface area (Å²) in [4.78, 5) is 0. The Kier molecular flexibility index (Phi) is 5.39. The zero-order valence-corrected chi connectivity index (χ0v) is 12.2. The smallest absolute Gasteiger partial charge is 0.120 e. The molecule has 2 unspecified atom stereocenters. The normalized spacial score (nSPS) is 14.2. The number of nitrogens with one attached hydrogen (secondary N) is 1. The molecular weight excluding hydrogens is 250 g/mol. The molecule has 2 N–H and O–H groups in total. The molecule has 0 aliphatic carbocycles. The molecular formula is C17H23NO2. The molecule has 0 fully saturated rings. The second-order valence-electron chi connectivity index (χ2n) is 5.20. The molecule has 0 bridgehead atoms. The maximum atomic E-state index is 9.24. The SMILES string of the molecule is Cc1ccc(C(C)NCC(CCO)c2ccccc2)o1. The zero-order chi connectivity index (χ0) is 14.4. The molecule has 3 nitrogen and oxygen atoms in total. The van der Waals surface area contributed by atoms with Gasteiger partial charge in [0.25, 0.3) is 0 Å². The van der Waals surface area contributed by atoms with E-state index >= 15 is 0 Å². The van der Waals surface area contributed by atoms with E-state index in [0.717, 1.165) is 24.5 Å². The lowest BCUT2D eigenvalue weighted by atomic mass is 9.95. The highest BCUT2D eigenvalue weighted by Gasteiger charge is 2.14. The van der Waals surface area contributed by atoms with Crippen molar-refractivity contribution in [2.24, 2.45) is 0 Å². The summed E-state index contributed by atoms with van der Waals surface area (Å²) in [6.45, 7) is 5.08. The van der Waals surface area contributed by atoms with Crippen LogP contribution in [0.25, 0.3) is 0 Å². The molecule has 20 heavy (non-hydrogen) atoms. The number of hydrogen-bond acceptors (Lipinski definition) is 3. The van der Waals surface area contributed by atoms with E-state index in [1.54, 1.807) is 0 Å². The molecule has 2 atom stereocenters. The van der Waals surface area contributed by atoms with E-state index in [-0.39, 0.29) is 12.6 Å². The van der Waals surface area contributed by atoms with Crippen molar-refractivity contribution in [1.82, 2.24) is 5.32 Å². The summed E-state index contributed by atoms with van der Waals surface area (Å²) in [5.74, 6) is 2.21. The highest BCUT2D eigenvalue weighted by atomic mass is 16.3. The summed E-state index contributed by atoms with van der Waals surface area (Å²) in [7, 11) is 0. The van der Waals surface area contributed by atoms with Crippen molar-refractivity contribution in [1.29, 1.82) is 0 Å². The van der Waals surface area contributed by atoms with Crippen LogP contribution >= 0.6 is 0 Å². The van der Waals surface area contributed by atoms with Crippen molar-refractivity contribution in [2.75, 3.05) is 13.2 Å². The van der Waals surface area contributed by atoms with E-state index in [2.05, 4.69) is 24.4 Å². The minimum atomic E-state index is 0.175. The minimum absolute atomic E-state index is 0.175. The van der Waals surface area contributed by atoms with Crippen LogP contribution < -0.4 is 5.32 Å². The number of furan rings is 1. The van der Waals surface area contributed by atoms with Crippen molar-refractivity contribution < 1.29 is 9.52 Å². The van der Waals surface area contributed by atoms with Crippen molar-refractivity contribution >= 4 is 0 Å². The molecule has 0 aliphatic rings. The average molecular weight is 273 g/mol. The Labute approximate surface area is 120 Å². The number of hydrogen-bond donors (Lipinski definition) is 2. The van der Waals surface area contributed by atoms with Gasteiger partial charge in [0, 0.05) is 13.2 Å². The lowest BCUT2D eigenvalue weighted by Gasteiger charge is -2.19. The van der Waals surface area contributed by atoms with E-state index in [1.165, 1.54) is 5.56 Å². The predicted octanol–water partition coefficient (Wildman–Crippen LogP) is 3.40.